The van der Waals surface area contributed by atoms with Gasteiger partial charge in [-0.15, -0.1) is 0 Å². The second kappa shape index (κ2) is 7.47. The van der Waals surface area contributed by atoms with Crippen LogP contribution in [-0.2, 0) is 22.6 Å². The van der Waals surface area contributed by atoms with Crippen LogP contribution >= 0.6 is 0 Å². The van der Waals surface area contributed by atoms with Crippen molar-refractivity contribution in [3.05, 3.63) is 40.6 Å². The normalized spacial score (nSPS) is 20.6. The fourth-order valence-corrected chi connectivity index (χ4v) is 3.92. The van der Waals surface area contributed by atoms with Crippen molar-refractivity contribution in [2.24, 2.45) is 0 Å². The van der Waals surface area contributed by atoms with E-state index in [0.29, 0.717) is 25.3 Å². The Labute approximate surface area is 174 Å². The van der Waals surface area contributed by atoms with Crippen LogP contribution in [0.4, 0.5) is 16.3 Å². The third-order valence-corrected chi connectivity index (χ3v) is 5.86. The zero-order chi connectivity index (χ0) is 21.5. The number of fused-ring (bicyclic) bond motifs is 1. The molecule has 1 aromatic heterocycles. The van der Waals surface area contributed by atoms with Gasteiger partial charge in [0.2, 0.25) is 5.91 Å². The van der Waals surface area contributed by atoms with Crippen molar-refractivity contribution >= 4 is 29.4 Å². The summed E-state index contributed by atoms with van der Waals surface area (Å²) in [6.07, 6.45) is 0.978. The lowest BCUT2D eigenvalue weighted by Crippen LogP contribution is -2.45. The number of anilines is 2. The van der Waals surface area contributed by atoms with Gasteiger partial charge < -0.3 is 20.1 Å². The topological polar surface area (TPSA) is 117 Å². The molecule has 0 unspecified atom stereocenters. The average molecular weight is 411 g/mol. The Morgan fingerprint density at radius 3 is 2.70 bits per heavy atom. The molecule has 2 aromatic rings. The monoisotopic (exact) mass is 411 g/mol. The number of rotatable bonds is 5. The fourth-order valence-electron chi connectivity index (χ4n) is 3.92. The molecule has 9 nitrogen and oxygen atoms in total. The highest BCUT2D eigenvalue weighted by atomic mass is 16.5. The molecule has 30 heavy (non-hydrogen) atoms. The number of urea groups is 1. The first kappa shape index (κ1) is 19.9. The van der Waals surface area contributed by atoms with Crippen molar-refractivity contribution in [1.29, 1.82) is 0 Å². The first-order valence-corrected chi connectivity index (χ1v) is 9.99. The molecule has 0 spiro atoms. The van der Waals surface area contributed by atoms with Gasteiger partial charge >= 0.3 is 6.03 Å². The molecule has 2 aliphatic heterocycles. The van der Waals surface area contributed by atoms with Crippen molar-refractivity contribution < 1.29 is 18.9 Å². The van der Waals surface area contributed by atoms with E-state index in [4.69, 9.17) is 4.52 Å². The van der Waals surface area contributed by atoms with Gasteiger partial charge in [0.15, 0.2) is 5.82 Å². The van der Waals surface area contributed by atoms with Gasteiger partial charge in [0.05, 0.1) is 12.1 Å². The molecule has 3 heterocycles. The van der Waals surface area contributed by atoms with E-state index in [1.807, 2.05) is 32.0 Å². The maximum atomic E-state index is 12.8. The van der Waals surface area contributed by atoms with Crippen LogP contribution in [0, 0.1) is 13.8 Å². The van der Waals surface area contributed by atoms with E-state index in [2.05, 4.69) is 21.1 Å². The van der Waals surface area contributed by atoms with E-state index in [1.54, 1.807) is 11.8 Å². The first-order chi connectivity index (χ1) is 14.3. The Kier molecular flexibility index (Phi) is 4.97. The number of imide groups is 1. The van der Waals surface area contributed by atoms with E-state index in [-0.39, 0.29) is 18.7 Å². The molecule has 3 N–H and O–H groups in total. The second-order valence-corrected chi connectivity index (χ2v) is 8.13. The Morgan fingerprint density at radius 2 is 2.03 bits per heavy atom. The van der Waals surface area contributed by atoms with Crippen LogP contribution in [0.3, 0.4) is 0 Å². The summed E-state index contributed by atoms with van der Waals surface area (Å²) in [4.78, 5) is 37.9. The summed E-state index contributed by atoms with van der Waals surface area (Å²) in [6.45, 7) is 6.59. The number of hydrogen-bond acceptors (Lipinski definition) is 6. The minimum Gasteiger partial charge on any atom is -0.359 e. The summed E-state index contributed by atoms with van der Waals surface area (Å²) in [5.74, 6) is 0.923. The van der Waals surface area contributed by atoms with Crippen molar-refractivity contribution in [3.8, 4) is 0 Å². The zero-order valence-corrected chi connectivity index (χ0v) is 17.3. The number of benzene rings is 1. The lowest BCUT2D eigenvalue weighted by molar-refractivity contribution is -0.133. The SMILES string of the molecule is Cc1cccc(C)c1Nc1noc2c1CN(C(=O)CC[C@@]1(C)NC(=O)NC1=O)CC2. The number of hydrogen-bond donors (Lipinski definition) is 3. The van der Waals surface area contributed by atoms with Crippen LogP contribution in [0.15, 0.2) is 22.7 Å². The lowest BCUT2D eigenvalue weighted by atomic mass is 9.95. The highest BCUT2D eigenvalue weighted by Gasteiger charge is 2.42. The number of carbonyl (C=O) groups is 3. The van der Waals surface area contributed by atoms with Gasteiger partial charge in [0.25, 0.3) is 5.91 Å². The molecule has 0 saturated carbocycles. The minimum atomic E-state index is -1.06. The number of para-hydroxylation sites is 1. The van der Waals surface area contributed by atoms with Gasteiger partial charge in [0, 0.05) is 25.1 Å². The van der Waals surface area contributed by atoms with Crippen LogP contribution in [0.2, 0.25) is 0 Å². The molecule has 0 bridgehead atoms. The Bertz CT molecular complexity index is 1010. The van der Waals surface area contributed by atoms with E-state index in [9.17, 15) is 14.4 Å². The van der Waals surface area contributed by atoms with Crippen molar-refractivity contribution in [3.63, 3.8) is 0 Å². The Hall–Kier alpha value is -3.36. The number of nitrogens with zero attached hydrogens (tertiary/aromatic N) is 2. The predicted molar refractivity (Wildman–Crippen MR) is 109 cm³/mol. The number of nitrogens with one attached hydrogen (secondary N) is 3. The van der Waals surface area contributed by atoms with Crippen LogP contribution in [-0.4, -0.2) is 40.0 Å². The Morgan fingerprint density at radius 1 is 1.30 bits per heavy atom. The molecule has 1 saturated heterocycles. The van der Waals surface area contributed by atoms with Crippen molar-refractivity contribution in [2.45, 2.75) is 52.1 Å². The first-order valence-electron chi connectivity index (χ1n) is 9.99. The maximum absolute atomic E-state index is 12.8. The van der Waals surface area contributed by atoms with Gasteiger partial charge in [-0.3, -0.25) is 14.9 Å². The molecule has 0 aliphatic carbocycles. The molecule has 2 aliphatic rings. The van der Waals surface area contributed by atoms with Crippen LogP contribution in [0.5, 0.6) is 0 Å². The molecule has 9 heteroatoms. The smallest absolute Gasteiger partial charge is 0.322 e. The maximum Gasteiger partial charge on any atom is 0.322 e. The van der Waals surface area contributed by atoms with E-state index >= 15 is 0 Å². The summed E-state index contributed by atoms with van der Waals surface area (Å²) in [6, 6.07) is 5.53. The van der Waals surface area contributed by atoms with Crippen molar-refractivity contribution in [1.82, 2.24) is 20.7 Å². The number of amides is 4. The van der Waals surface area contributed by atoms with E-state index in [0.717, 1.165) is 28.1 Å². The molecule has 4 rings (SSSR count). The fraction of sp³-hybridized carbons (Fsp3) is 0.429. The largest absolute Gasteiger partial charge is 0.359 e. The van der Waals surface area contributed by atoms with Gasteiger partial charge in [-0.05, 0) is 38.3 Å². The van der Waals surface area contributed by atoms with Gasteiger partial charge in [-0.1, -0.05) is 23.4 Å². The molecular weight excluding hydrogens is 386 g/mol. The van der Waals surface area contributed by atoms with E-state index in [1.165, 1.54) is 0 Å². The summed E-state index contributed by atoms with van der Waals surface area (Å²) < 4.78 is 5.50. The van der Waals surface area contributed by atoms with Gasteiger partial charge in [-0.25, -0.2) is 4.79 Å². The van der Waals surface area contributed by atoms with E-state index < -0.39 is 17.5 Å². The Balaban J connectivity index is 1.44. The van der Waals surface area contributed by atoms with Crippen molar-refractivity contribution in [2.75, 3.05) is 11.9 Å². The van der Waals surface area contributed by atoms with Crippen LogP contribution in [0.1, 0.15) is 42.2 Å². The summed E-state index contributed by atoms with van der Waals surface area (Å²) in [7, 11) is 0. The summed E-state index contributed by atoms with van der Waals surface area (Å²) in [5.41, 5.74) is 2.99. The molecule has 158 valence electrons. The second-order valence-electron chi connectivity index (χ2n) is 8.13. The molecule has 1 aromatic carbocycles. The van der Waals surface area contributed by atoms with Crippen LogP contribution < -0.4 is 16.0 Å². The zero-order valence-electron chi connectivity index (χ0n) is 17.3. The third-order valence-electron chi connectivity index (χ3n) is 5.86. The molecular formula is C21H25N5O4. The molecule has 1 fully saturated rings. The summed E-state index contributed by atoms with van der Waals surface area (Å²) in [5, 5.41) is 12.3. The highest BCUT2D eigenvalue weighted by Crippen LogP contribution is 2.31. The average Bonchev–Trinajstić information content (AvgIpc) is 3.22. The quantitative estimate of drug-likeness (QED) is 0.650. The molecule has 1 atom stereocenters. The third kappa shape index (κ3) is 3.62. The highest BCUT2D eigenvalue weighted by molar-refractivity contribution is 6.06. The number of aromatic nitrogens is 1. The van der Waals surface area contributed by atoms with Gasteiger partial charge in [-0.2, -0.15) is 0 Å². The molecule has 4 amide bonds. The number of carbonyl (C=O) groups excluding carboxylic acids is 3. The van der Waals surface area contributed by atoms with Gasteiger partial charge in [0.1, 0.15) is 11.3 Å². The number of aryl methyl sites for hydroxylation is 2. The summed E-state index contributed by atoms with van der Waals surface area (Å²) >= 11 is 0. The lowest BCUT2D eigenvalue weighted by Gasteiger charge is -2.28. The predicted octanol–water partition coefficient (Wildman–Crippen LogP) is 2.30. The van der Waals surface area contributed by atoms with Crippen LogP contribution in [0.25, 0.3) is 0 Å². The molecule has 0 radical (unpaired) electrons. The standard InChI is InChI=1S/C21H25N5O4/c1-12-5-4-6-13(2)17(12)22-18-14-11-26(10-8-15(14)30-25-18)16(27)7-9-21(3)19(28)23-20(29)24-21/h4-6H,7-11H2,1-3H3,(H,22,25)(H2,23,24,28,29)/t21-/m1/s1. The minimum absolute atomic E-state index is 0.0740.